The summed E-state index contributed by atoms with van der Waals surface area (Å²) < 4.78 is 25.5. The van der Waals surface area contributed by atoms with Gasteiger partial charge in [-0.2, -0.15) is 0 Å². The van der Waals surface area contributed by atoms with Gasteiger partial charge in [0.15, 0.2) is 5.78 Å². The van der Waals surface area contributed by atoms with E-state index in [1.54, 1.807) is 30.3 Å². The molecule has 0 aliphatic rings. The largest absolute Gasteiger partial charge is 0.324 e. The number of ketones is 1. The fraction of sp³-hybridized carbons (Fsp3) is 0.0909. The molecule has 0 aromatic heterocycles. The highest BCUT2D eigenvalue weighted by Gasteiger charge is 2.22. The third kappa shape index (κ3) is 5.85. The van der Waals surface area contributed by atoms with Gasteiger partial charge in [0, 0.05) is 21.2 Å². The first-order valence-electron chi connectivity index (χ1n) is 9.07. The molecule has 0 aliphatic carbocycles. The maximum Gasteiger partial charge on any atom is 0.245 e. The molecular formula is C22H18Cl2N2O4S. The number of sulfonamides is 1. The first kappa shape index (κ1) is 22.8. The van der Waals surface area contributed by atoms with Crippen molar-refractivity contribution in [3.8, 4) is 0 Å². The van der Waals surface area contributed by atoms with Gasteiger partial charge < -0.3 is 5.32 Å². The van der Waals surface area contributed by atoms with E-state index >= 15 is 0 Å². The second-order valence-electron chi connectivity index (χ2n) is 6.68. The van der Waals surface area contributed by atoms with E-state index in [2.05, 4.69) is 5.32 Å². The molecular weight excluding hydrogens is 459 g/mol. The number of benzene rings is 3. The molecule has 0 unspecified atom stereocenters. The predicted molar refractivity (Wildman–Crippen MR) is 124 cm³/mol. The van der Waals surface area contributed by atoms with Crippen molar-refractivity contribution in [2.24, 2.45) is 0 Å². The Balaban J connectivity index is 1.87. The molecule has 0 saturated heterocycles. The number of nitrogens with zero attached hydrogens (tertiary/aromatic N) is 1. The summed E-state index contributed by atoms with van der Waals surface area (Å²) >= 11 is 11.9. The summed E-state index contributed by atoms with van der Waals surface area (Å²) in [6.07, 6.45) is 1.00. The van der Waals surface area contributed by atoms with Crippen molar-refractivity contribution in [2.45, 2.75) is 0 Å². The molecule has 9 heteroatoms. The van der Waals surface area contributed by atoms with Crippen molar-refractivity contribution >= 4 is 56.3 Å². The van der Waals surface area contributed by atoms with Crippen molar-refractivity contribution in [3.05, 3.63) is 94.0 Å². The second-order valence-corrected chi connectivity index (χ2v) is 9.46. The van der Waals surface area contributed by atoms with Gasteiger partial charge in [-0.1, -0.05) is 53.5 Å². The Morgan fingerprint density at radius 1 is 0.903 bits per heavy atom. The molecule has 3 rings (SSSR count). The van der Waals surface area contributed by atoms with Gasteiger partial charge in [-0.25, -0.2) is 8.42 Å². The van der Waals surface area contributed by atoms with Gasteiger partial charge >= 0.3 is 0 Å². The summed E-state index contributed by atoms with van der Waals surface area (Å²) in [5, 5.41) is 3.39. The molecule has 3 aromatic carbocycles. The molecule has 0 atom stereocenters. The van der Waals surface area contributed by atoms with Crippen LogP contribution in [0, 0.1) is 0 Å². The molecule has 6 nitrogen and oxygen atoms in total. The van der Waals surface area contributed by atoms with Crippen molar-refractivity contribution in [1.29, 1.82) is 0 Å². The number of halogens is 2. The van der Waals surface area contributed by atoms with Gasteiger partial charge in [-0.3, -0.25) is 13.9 Å². The predicted octanol–water partition coefficient (Wildman–Crippen LogP) is 4.63. The lowest BCUT2D eigenvalue weighted by molar-refractivity contribution is -0.114. The Morgan fingerprint density at radius 3 is 2.13 bits per heavy atom. The minimum absolute atomic E-state index is 0.199. The Hall–Kier alpha value is -2.87. The lowest BCUT2D eigenvalue weighted by atomic mass is 10.0. The molecule has 1 N–H and O–H groups in total. The number of carbonyl (C=O) groups is 2. The van der Waals surface area contributed by atoms with Gasteiger partial charge in [-0.15, -0.1) is 0 Å². The van der Waals surface area contributed by atoms with Crippen molar-refractivity contribution < 1.29 is 18.0 Å². The van der Waals surface area contributed by atoms with E-state index in [1.807, 2.05) is 0 Å². The van der Waals surface area contributed by atoms with Gasteiger partial charge in [0.05, 0.1) is 17.6 Å². The van der Waals surface area contributed by atoms with Crippen LogP contribution in [0.4, 0.5) is 11.4 Å². The third-order valence-electron chi connectivity index (χ3n) is 4.34. The lowest BCUT2D eigenvalue weighted by Crippen LogP contribution is -2.37. The van der Waals surface area contributed by atoms with Crippen LogP contribution in [0.3, 0.4) is 0 Å². The lowest BCUT2D eigenvalue weighted by Gasteiger charge is -2.22. The van der Waals surface area contributed by atoms with Crippen LogP contribution in [0.2, 0.25) is 10.0 Å². The fourth-order valence-electron chi connectivity index (χ4n) is 2.89. The Bertz CT molecular complexity index is 1210. The van der Waals surface area contributed by atoms with E-state index in [0.717, 1.165) is 10.6 Å². The fourth-order valence-corrected chi connectivity index (χ4v) is 4.04. The molecule has 0 radical (unpaired) electrons. The zero-order valence-corrected chi connectivity index (χ0v) is 18.7. The molecule has 0 aliphatic heterocycles. The molecule has 31 heavy (non-hydrogen) atoms. The van der Waals surface area contributed by atoms with Crippen LogP contribution in [0.15, 0.2) is 72.8 Å². The number of anilines is 2. The Labute approximate surface area is 190 Å². The molecule has 160 valence electrons. The van der Waals surface area contributed by atoms with Crippen LogP contribution in [-0.2, 0) is 14.8 Å². The van der Waals surface area contributed by atoms with Crippen LogP contribution in [-0.4, -0.2) is 32.9 Å². The molecule has 3 aromatic rings. The van der Waals surface area contributed by atoms with Crippen molar-refractivity contribution in [2.75, 3.05) is 22.4 Å². The molecule has 1 amide bonds. The quantitative estimate of drug-likeness (QED) is 0.503. The number of rotatable bonds is 7. The van der Waals surface area contributed by atoms with E-state index in [-0.39, 0.29) is 17.0 Å². The minimum Gasteiger partial charge on any atom is -0.324 e. The summed E-state index contributed by atoms with van der Waals surface area (Å²) in [6.45, 7) is -0.484. The highest BCUT2D eigenvalue weighted by molar-refractivity contribution is 7.92. The Kier molecular flexibility index (Phi) is 7.00. The smallest absolute Gasteiger partial charge is 0.245 e. The molecule has 0 saturated carbocycles. The molecule has 0 heterocycles. The van der Waals surface area contributed by atoms with Crippen LogP contribution < -0.4 is 9.62 Å². The van der Waals surface area contributed by atoms with Crippen LogP contribution in [0.25, 0.3) is 0 Å². The monoisotopic (exact) mass is 476 g/mol. The second kappa shape index (κ2) is 9.51. The van der Waals surface area contributed by atoms with E-state index < -0.39 is 22.5 Å². The van der Waals surface area contributed by atoms with E-state index in [0.29, 0.717) is 21.3 Å². The minimum atomic E-state index is -3.75. The number of hydrogen-bond acceptors (Lipinski definition) is 4. The van der Waals surface area contributed by atoms with Crippen molar-refractivity contribution in [3.63, 3.8) is 0 Å². The third-order valence-corrected chi connectivity index (χ3v) is 5.97. The highest BCUT2D eigenvalue weighted by atomic mass is 35.5. The van der Waals surface area contributed by atoms with E-state index in [4.69, 9.17) is 23.2 Å². The first-order valence-corrected chi connectivity index (χ1v) is 11.7. The first-order chi connectivity index (χ1) is 14.6. The van der Waals surface area contributed by atoms with Crippen LogP contribution in [0.5, 0.6) is 0 Å². The van der Waals surface area contributed by atoms with Gasteiger partial charge in [0.25, 0.3) is 0 Å². The van der Waals surface area contributed by atoms with Crippen molar-refractivity contribution in [1.82, 2.24) is 0 Å². The summed E-state index contributed by atoms with van der Waals surface area (Å²) in [5.41, 5.74) is 1.15. The number of amides is 1. The highest BCUT2D eigenvalue weighted by Crippen LogP contribution is 2.25. The normalized spacial score (nSPS) is 11.1. The number of carbonyl (C=O) groups excluding carboxylic acids is 2. The zero-order chi connectivity index (χ0) is 22.6. The average molecular weight is 477 g/mol. The Morgan fingerprint density at radius 2 is 1.52 bits per heavy atom. The average Bonchev–Trinajstić information content (AvgIpc) is 2.73. The van der Waals surface area contributed by atoms with E-state index in [1.165, 1.54) is 42.5 Å². The maximum atomic E-state index is 12.9. The summed E-state index contributed by atoms with van der Waals surface area (Å²) in [5.74, 6) is -0.944. The molecule has 0 bridgehead atoms. The zero-order valence-electron chi connectivity index (χ0n) is 16.4. The molecule has 0 fully saturated rings. The van der Waals surface area contributed by atoms with Gasteiger partial charge in [0.2, 0.25) is 15.9 Å². The molecule has 0 spiro atoms. The standard InChI is InChI=1S/C22H18Cl2N2O4S/c1-31(29,30)26(18-10-7-16(23)8-11-18)14-21(27)25-20-12-9-17(24)13-19(20)22(28)15-5-3-2-4-6-15/h2-13H,14H2,1H3,(H,25,27). The maximum absolute atomic E-state index is 12.9. The number of hydrogen-bond donors (Lipinski definition) is 1. The summed E-state index contributed by atoms with van der Waals surface area (Å²) in [4.78, 5) is 25.6. The summed E-state index contributed by atoms with van der Waals surface area (Å²) in [6, 6.07) is 19.1. The topological polar surface area (TPSA) is 83.6 Å². The van der Waals surface area contributed by atoms with Gasteiger partial charge in [-0.05, 0) is 42.5 Å². The van der Waals surface area contributed by atoms with Gasteiger partial charge in [0.1, 0.15) is 6.54 Å². The van der Waals surface area contributed by atoms with E-state index in [9.17, 15) is 18.0 Å². The summed E-state index contributed by atoms with van der Waals surface area (Å²) in [7, 11) is -3.75. The van der Waals surface area contributed by atoms with Crippen LogP contribution in [0.1, 0.15) is 15.9 Å². The van der Waals surface area contributed by atoms with Crippen LogP contribution >= 0.6 is 23.2 Å². The SMILES string of the molecule is CS(=O)(=O)N(CC(=O)Nc1ccc(Cl)cc1C(=O)c1ccccc1)c1ccc(Cl)cc1. The number of nitrogens with one attached hydrogen (secondary N) is 1.